The van der Waals surface area contributed by atoms with Crippen molar-refractivity contribution in [2.75, 3.05) is 19.7 Å². The van der Waals surface area contributed by atoms with Crippen LogP contribution in [0.3, 0.4) is 0 Å². The quantitative estimate of drug-likeness (QED) is 0.855. The van der Waals surface area contributed by atoms with Gasteiger partial charge in [0.25, 0.3) is 0 Å². The first kappa shape index (κ1) is 16.5. The maximum atomic E-state index is 12.0. The minimum atomic E-state index is -0.455. The van der Waals surface area contributed by atoms with Crippen LogP contribution in [0.1, 0.15) is 39.8 Å². The Bertz CT molecular complexity index is 514. The van der Waals surface area contributed by atoms with E-state index in [1.807, 2.05) is 33.8 Å². The van der Waals surface area contributed by atoms with Gasteiger partial charge in [-0.3, -0.25) is 0 Å². The van der Waals surface area contributed by atoms with Gasteiger partial charge in [0.2, 0.25) is 5.88 Å². The van der Waals surface area contributed by atoms with Crippen molar-refractivity contribution >= 4 is 6.09 Å². The lowest BCUT2D eigenvalue weighted by Gasteiger charge is -2.24. The van der Waals surface area contributed by atoms with E-state index < -0.39 is 5.60 Å². The molecule has 0 bridgehead atoms. The summed E-state index contributed by atoms with van der Waals surface area (Å²) in [4.78, 5) is 22.0. The third-order valence-electron chi connectivity index (χ3n) is 3.47. The summed E-state index contributed by atoms with van der Waals surface area (Å²) in [5.74, 6) is 0.912. The van der Waals surface area contributed by atoms with E-state index in [9.17, 15) is 4.79 Å². The fourth-order valence-corrected chi connectivity index (χ4v) is 2.31. The predicted molar refractivity (Wildman–Crippen MR) is 82.8 cm³/mol. The normalized spacial score (nSPS) is 18.4. The van der Waals surface area contributed by atoms with Crippen molar-refractivity contribution in [3.8, 4) is 5.88 Å². The number of nitrogens with zero attached hydrogens (tertiary/aromatic N) is 3. The van der Waals surface area contributed by atoms with Crippen LogP contribution in [0.2, 0.25) is 0 Å². The Morgan fingerprint density at radius 3 is 2.86 bits per heavy atom. The second kappa shape index (κ2) is 6.94. The number of aromatic nitrogens is 2. The lowest BCUT2D eigenvalue weighted by Crippen LogP contribution is -2.35. The maximum absolute atomic E-state index is 12.0. The van der Waals surface area contributed by atoms with Gasteiger partial charge in [-0.05, 0) is 33.6 Å². The van der Waals surface area contributed by atoms with Crippen LogP contribution in [0.5, 0.6) is 5.88 Å². The van der Waals surface area contributed by atoms with E-state index in [0.29, 0.717) is 31.5 Å². The van der Waals surface area contributed by atoms with E-state index in [2.05, 4.69) is 9.97 Å². The molecule has 6 nitrogen and oxygen atoms in total. The third kappa shape index (κ3) is 4.86. The Kier molecular flexibility index (Phi) is 5.21. The van der Waals surface area contributed by atoms with E-state index in [0.717, 1.165) is 18.5 Å². The fourth-order valence-electron chi connectivity index (χ4n) is 2.31. The first-order valence-corrected chi connectivity index (χ1v) is 7.79. The average molecular weight is 307 g/mol. The molecule has 2 rings (SSSR count). The SMILES string of the molecule is CCc1cc(OCC2CCN(C(=O)OC(C)(C)C)C2)ncn1. The first-order chi connectivity index (χ1) is 10.4. The van der Waals surface area contributed by atoms with Crippen LogP contribution < -0.4 is 4.74 Å². The molecule has 0 saturated carbocycles. The van der Waals surface area contributed by atoms with Crippen LogP contribution in [-0.4, -0.2) is 46.3 Å². The monoisotopic (exact) mass is 307 g/mol. The highest BCUT2D eigenvalue weighted by atomic mass is 16.6. The largest absolute Gasteiger partial charge is 0.477 e. The van der Waals surface area contributed by atoms with E-state index in [1.165, 1.54) is 6.33 Å². The van der Waals surface area contributed by atoms with Crippen molar-refractivity contribution in [1.82, 2.24) is 14.9 Å². The Hall–Kier alpha value is -1.85. The molecule has 1 unspecified atom stereocenters. The molecular formula is C16H25N3O3. The molecule has 1 fully saturated rings. The average Bonchev–Trinajstić information content (AvgIpc) is 2.92. The third-order valence-corrected chi connectivity index (χ3v) is 3.47. The van der Waals surface area contributed by atoms with Gasteiger partial charge in [-0.1, -0.05) is 6.92 Å². The molecule has 1 amide bonds. The van der Waals surface area contributed by atoms with Crippen LogP contribution in [0.4, 0.5) is 4.79 Å². The maximum Gasteiger partial charge on any atom is 0.410 e. The van der Waals surface area contributed by atoms with E-state index in [1.54, 1.807) is 4.90 Å². The molecule has 22 heavy (non-hydrogen) atoms. The van der Waals surface area contributed by atoms with Gasteiger partial charge in [0.1, 0.15) is 11.9 Å². The minimum absolute atomic E-state index is 0.245. The molecule has 1 aromatic rings. The summed E-state index contributed by atoms with van der Waals surface area (Å²) in [5.41, 5.74) is 0.509. The fraction of sp³-hybridized carbons (Fsp3) is 0.688. The number of carbonyl (C=O) groups excluding carboxylic acids is 1. The van der Waals surface area contributed by atoms with Gasteiger partial charge in [0.15, 0.2) is 0 Å². The second-order valence-corrected chi connectivity index (χ2v) is 6.59. The summed E-state index contributed by atoms with van der Waals surface area (Å²) >= 11 is 0. The standard InChI is InChI=1S/C16H25N3O3/c1-5-13-8-14(18-11-17-13)21-10-12-6-7-19(9-12)15(20)22-16(2,3)4/h8,11-12H,5-7,9-10H2,1-4H3. The van der Waals surface area contributed by atoms with Gasteiger partial charge >= 0.3 is 6.09 Å². The lowest BCUT2D eigenvalue weighted by molar-refractivity contribution is 0.0284. The van der Waals surface area contributed by atoms with E-state index in [-0.39, 0.29) is 6.09 Å². The van der Waals surface area contributed by atoms with Crippen molar-refractivity contribution in [3.05, 3.63) is 18.1 Å². The Morgan fingerprint density at radius 1 is 1.41 bits per heavy atom. The van der Waals surface area contributed by atoms with Gasteiger partial charge in [-0.2, -0.15) is 0 Å². The molecule has 122 valence electrons. The molecule has 1 aliphatic rings. The van der Waals surface area contributed by atoms with Gasteiger partial charge in [0.05, 0.1) is 6.61 Å². The highest BCUT2D eigenvalue weighted by molar-refractivity contribution is 5.68. The summed E-state index contributed by atoms with van der Waals surface area (Å²) in [6.45, 7) is 9.61. The van der Waals surface area contributed by atoms with E-state index >= 15 is 0 Å². The summed E-state index contributed by atoms with van der Waals surface area (Å²) < 4.78 is 11.1. The van der Waals surface area contributed by atoms with Crippen LogP contribution in [0.25, 0.3) is 0 Å². The Balaban J connectivity index is 1.80. The number of amides is 1. The molecule has 6 heteroatoms. The van der Waals surface area contributed by atoms with Gasteiger partial charge in [-0.15, -0.1) is 0 Å². The van der Waals surface area contributed by atoms with E-state index in [4.69, 9.17) is 9.47 Å². The van der Waals surface area contributed by atoms with Crippen LogP contribution in [0, 0.1) is 5.92 Å². The summed E-state index contributed by atoms with van der Waals surface area (Å²) in [5, 5.41) is 0. The second-order valence-electron chi connectivity index (χ2n) is 6.59. The number of hydrogen-bond donors (Lipinski definition) is 0. The summed E-state index contributed by atoms with van der Waals surface area (Å²) in [6, 6.07) is 1.86. The molecule has 2 heterocycles. The zero-order valence-electron chi connectivity index (χ0n) is 13.8. The molecule has 0 aromatic carbocycles. The van der Waals surface area contributed by atoms with Crippen molar-refractivity contribution in [3.63, 3.8) is 0 Å². The predicted octanol–water partition coefficient (Wildman–Crippen LogP) is 2.67. The lowest BCUT2D eigenvalue weighted by atomic mass is 10.1. The molecule has 0 N–H and O–H groups in total. The highest BCUT2D eigenvalue weighted by Gasteiger charge is 2.30. The number of hydrogen-bond acceptors (Lipinski definition) is 5. The summed E-state index contributed by atoms with van der Waals surface area (Å²) in [7, 11) is 0. The zero-order valence-corrected chi connectivity index (χ0v) is 13.8. The number of ether oxygens (including phenoxy) is 2. The molecule has 1 aliphatic heterocycles. The minimum Gasteiger partial charge on any atom is -0.477 e. The molecule has 1 saturated heterocycles. The topological polar surface area (TPSA) is 64.5 Å². The van der Waals surface area contributed by atoms with Gasteiger partial charge in [0, 0.05) is 30.8 Å². The van der Waals surface area contributed by atoms with Gasteiger partial charge < -0.3 is 14.4 Å². The number of carbonyl (C=O) groups is 1. The molecule has 0 spiro atoms. The van der Waals surface area contributed by atoms with Crippen molar-refractivity contribution < 1.29 is 14.3 Å². The smallest absolute Gasteiger partial charge is 0.410 e. The van der Waals surface area contributed by atoms with Crippen molar-refractivity contribution in [2.45, 2.75) is 46.1 Å². The number of aryl methyl sites for hydroxylation is 1. The van der Waals surface area contributed by atoms with Gasteiger partial charge in [-0.25, -0.2) is 14.8 Å². The highest BCUT2D eigenvalue weighted by Crippen LogP contribution is 2.20. The number of rotatable bonds is 4. The molecule has 1 atom stereocenters. The molecule has 1 aromatic heterocycles. The number of likely N-dealkylation sites (tertiary alicyclic amines) is 1. The zero-order chi connectivity index (χ0) is 16.2. The van der Waals surface area contributed by atoms with Crippen molar-refractivity contribution in [1.29, 1.82) is 0 Å². The van der Waals surface area contributed by atoms with Crippen LogP contribution in [-0.2, 0) is 11.2 Å². The van der Waals surface area contributed by atoms with Crippen molar-refractivity contribution in [2.24, 2.45) is 5.92 Å². The van der Waals surface area contributed by atoms with Crippen LogP contribution in [0.15, 0.2) is 12.4 Å². The molecule has 0 aliphatic carbocycles. The first-order valence-electron chi connectivity index (χ1n) is 7.79. The molecule has 0 radical (unpaired) electrons. The van der Waals surface area contributed by atoms with Crippen LogP contribution >= 0.6 is 0 Å². The molecular weight excluding hydrogens is 282 g/mol. The Morgan fingerprint density at radius 2 is 2.18 bits per heavy atom. The summed E-state index contributed by atoms with van der Waals surface area (Å²) in [6.07, 6.45) is 3.06. The Labute approximate surface area is 131 Å².